The summed E-state index contributed by atoms with van der Waals surface area (Å²) < 4.78 is 6.66. The maximum Gasteiger partial charge on any atom is 0.317 e. The first-order valence-corrected chi connectivity index (χ1v) is 7.88. The lowest BCUT2D eigenvalue weighted by Crippen LogP contribution is -2.37. The van der Waals surface area contributed by atoms with Crippen LogP contribution in [0.15, 0.2) is 47.0 Å². The number of hydrogen-bond acceptors (Lipinski definition) is 2. The highest BCUT2D eigenvalue weighted by Crippen LogP contribution is 2.42. The van der Waals surface area contributed by atoms with Crippen LogP contribution in [0.3, 0.4) is 0 Å². The average Bonchev–Trinajstić information content (AvgIpc) is 2.38. The van der Waals surface area contributed by atoms with E-state index in [0.717, 1.165) is 15.6 Å². The Morgan fingerprint density at radius 3 is 2.43 bits per heavy atom. The van der Waals surface area contributed by atoms with E-state index >= 15 is 0 Å². The molecule has 1 aromatic carbocycles. The van der Waals surface area contributed by atoms with E-state index in [2.05, 4.69) is 15.9 Å². The molecule has 112 valence electrons. The Morgan fingerprint density at radius 1 is 1.24 bits per heavy atom. The van der Waals surface area contributed by atoms with Crippen molar-refractivity contribution in [2.24, 2.45) is 5.41 Å². The molecule has 0 radical (unpaired) electrons. The minimum absolute atomic E-state index is 0.173. The molecule has 2 rings (SSSR count). The van der Waals surface area contributed by atoms with Crippen LogP contribution in [0.5, 0.6) is 0 Å². The van der Waals surface area contributed by atoms with E-state index in [1.165, 1.54) is 0 Å². The highest BCUT2D eigenvalue weighted by atomic mass is 79.9. The second-order valence-electron chi connectivity index (χ2n) is 6.55. The van der Waals surface area contributed by atoms with E-state index in [1.54, 1.807) is 0 Å². The Kier molecular flexibility index (Phi) is 4.43. The molecule has 1 aliphatic rings. The second kappa shape index (κ2) is 5.80. The fourth-order valence-electron chi connectivity index (χ4n) is 2.39. The van der Waals surface area contributed by atoms with Crippen molar-refractivity contribution in [1.29, 1.82) is 0 Å². The molecule has 0 saturated heterocycles. The number of halogens is 1. The molecule has 0 spiro atoms. The molecule has 0 saturated carbocycles. The van der Waals surface area contributed by atoms with Crippen molar-refractivity contribution >= 4 is 27.5 Å². The van der Waals surface area contributed by atoms with Crippen LogP contribution in [0.4, 0.5) is 0 Å². The van der Waals surface area contributed by atoms with Crippen molar-refractivity contribution in [2.45, 2.75) is 39.7 Å². The molecular weight excluding hydrogens is 328 g/mol. The van der Waals surface area contributed by atoms with E-state index in [-0.39, 0.29) is 5.97 Å². The molecule has 2 nitrogen and oxygen atoms in total. The van der Waals surface area contributed by atoms with Crippen molar-refractivity contribution in [1.82, 2.24) is 0 Å². The van der Waals surface area contributed by atoms with Gasteiger partial charge in [-0.05, 0) is 57.4 Å². The lowest BCUT2D eigenvalue weighted by molar-refractivity contribution is -0.163. The highest BCUT2D eigenvalue weighted by molar-refractivity contribution is 9.10. The van der Waals surface area contributed by atoms with Gasteiger partial charge in [0.05, 0.1) is 5.41 Å². The van der Waals surface area contributed by atoms with Crippen LogP contribution in [0.25, 0.3) is 5.57 Å². The summed E-state index contributed by atoms with van der Waals surface area (Å²) in [6, 6.07) is 8.03. The molecular formula is C18H21BrO2. The summed E-state index contributed by atoms with van der Waals surface area (Å²) in [7, 11) is 0. The third-order valence-electron chi connectivity index (χ3n) is 3.52. The molecule has 0 aliphatic heterocycles. The van der Waals surface area contributed by atoms with Crippen LogP contribution >= 0.6 is 15.9 Å². The van der Waals surface area contributed by atoms with Gasteiger partial charge in [0.1, 0.15) is 5.60 Å². The molecule has 21 heavy (non-hydrogen) atoms. The van der Waals surface area contributed by atoms with Gasteiger partial charge >= 0.3 is 5.97 Å². The molecule has 1 aromatic rings. The monoisotopic (exact) mass is 348 g/mol. The molecule has 1 aliphatic carbocycles. The highest BCUT2D eigenvalue weighted by Gasteiger charge is 2.41. The number of esters is 1. The standard InChI is InChI=1S/C18H21BrO2/c1-17(2,3)21-16(20)18(4)12-6-5-7-15(18)13-8-10-14(19)11-9-13/h5-11H,12H2,1-4H3. The van der Waals surface area contributed by atoms with Gasteiger partial charge in [-0.1, -0.05) is 46.3 Å². The molecule has 0 fully saturated rings. The number of allylic oxidation sites excluding steroid dienone is 3. The Balaban J connectivity index is 2.37. The number of carbonyl (C=O) groups excluding carboxylic acids is 1. The van der Waals surface area contributed by atoms with Gasteiger partial charge in [0.2, 0.25) is 0 Å². The molecule has 3 heteroatoms. The lowest BCUT2D eigenvalue weighted by atomic mass is 9.73. The quantitative estimate of drug-likeness (QED) is 0.691. The third kappa shape index (κ3) is 3.65. The van der Waals surface area contributed by atoms with Crippen LogP contribution in [0, 0.1) is 5.41 Å². The normalized spacial score (nSPS) is 21.9. The van der Waals surface area contributed by atoms with Crippen LogP contribution in [-0.2, 0) is 9.53 Å². The van der Waals surface area contributed by atoms with Gasteiger partial charge in [-0.3, -0.25) is 4.79 Å². The molecule has 0 amide bonds. The number of benzene rings is 1. The zero-order chi connectivity index (χ0) is 15.7. The fraction of sp³-hybridized carbons (Fsp3) is 0.389. The Bertz CT molecular complexity index is 591. The van der Waals surface area contributed by atoms with Crippen molar-refractivity contribution < 1.29 is 9.53 Å². The summed E-state index contributed by atoms with van der Waals surface area (Å²) in [4.78, 5) is 12.7. The Labute approximate surface area is 135 Å². The van der Waals surface area contributed by atoms with Gasteiger partial charge in [0.15, 0.2) is 0 Å². The molecule has 0 aromatic heterocycles. The number of ether oxygens (including phenoxy) is 1. The van der Waals surface area contributed by atoms with E-state index in [9.17, 15) is 4.79 Å². The summed E-state index contributed by atoms with van der Waals surface area (Å²) >= 11 is 3.44. The van der Waals surface area contributed by atoms with E-state index in [4.69, 9.17) is 4.74 Å². The third-order valence-corrected chi connectivity index (χ3v) is 4.05. The topological polar surface area (TPSA) is 26.3 Å². The minimum atomic E-state index is -0.643. The zero-order valence-corrected chi connectivity index (χ0v) is 14.5. The smallest absolute Gasteiger partial charge is 0.317 e. The van der Waals surface area contributed by atoms with E-state index < -0.39 is 11.0 Å². The van der Waals surface area contributed by atoms with E-state index in [1.807, 2.05) is 70.2 Å². The second-order valence-corrected chi connectivity index (χ2v) is 7.47. The molecule has 0 heterocycles. The summed E-state index contributed by atoms with van der Waals surface area (Å²) in [6.45, 7) is 7.65. The minimum Gasteiger partial charge on any atom is -0.459 e. The Morgan fingerprint density at radius 2 is 1.86 bits per heavy atom. The largest absolute Gasteiger partial charge is 0.459 e. The van der Waals surface area contributed by atoms with Gasteiger partial charge < -0.3 is 4.74 Å². The molecule has 1 atom stereocenters. The van der Waals surface area contributed by atoms with Gasteiger partial charge in [0.25, 0.3) is 0 Å². The van der Waals surface area contributed by atoms with Crippen molar-refractivity contribution in [3.8, 4) is 0 Å². The first-order valence-electron chi connectivity index (χ1n) is 7.09. The Hall–Kier alpha value is -1.35. The SMILES string of the molecule is CC(C)(C)OC(=O)C1(C)CC=CC=C1c1ccc(Br)cc1. The molecule has 0 N–H and O–H groups in total. The van der Waals surface area contributed by atoms with Crippen LogP contribution < -0.4 is 0 Å². The first kappa shape index (κ1) is 16.0. The average molecular weight is 349 g/mol. The van der Waals surface area contributed by atoms with Gasteiger partial charge in [-0.2, -0.15) is 0 Å². The van der Waals surface area contributed by atoms with Crippen LogP contribution in [-0.4, -0.2) is 11.6 Å². The van der Waals surface area contributed by atoms with Crippen LogP contribution in [0.1, 0.15) is 39.7 Å². The first-order chi connectivity index (χ1) is 9.72. The predicted octanol–water partition coefficient (Wildman–Crippen LogP) is 5.14. The number of hydrogen-bond donors (Lipinski definition) is 0. The zero-order valence-electron chi connectivity index (χ0n) is 12.9. The van der Waals surface area contributed by atoms with Crippen molar-refractivity contribution in [3.63, 3.8) is 0 Å². The van der Waals surface area contributed by atoms with Gasteiger partial charge in [-0.15, -0.1) is 0 Å². The summed E-state index contributed by atoms with van der Waals surface area (Å²) in [5.74, 6) is -0.173. The van der Waals surface area contributed by atoms with Crippen molar-refractivity contribution in [2.75, 3.05) is 0 Å². The van der Waals surface area contributed by atoms with Crippen molar-refractivity contribution in [3.05, 3.63) is 52.5 Å². The van der Waals surface area contributed by atoms with Crippen LogP contribution in [0.2, 0.25) is 0 Å². The maximum absolute atomic E-state index is 12.7. The van der Waals surface area contributed by atoms with E-state index in [0.29, 0.717) is 6.42 Å². The molecule has 0 bridgehead atoms. The van der Waals surface area contributed by atoms with Gasteiger partial charge in [0, 0.05) is 4.47 Å². The maximum atomic E-state index is 12.7. The summed E-state index contributed by atoms with van der Waals surface area (Å²) in [6.07, 6.45) is 6.69. The predicted molar refractivity (Wildman–Crippen MR) is 89.8 cm³/mol. The number of carbonyl (C=O) groups is 1. The summed E-state index contributed by atoms with van der Waals surface area (Å²) in [5.41, 5.74) is 0.935. The van der Waals surface area contributed by atoms with Gasteiger partial charge in [-0.25, -0.2) is 0 Å². The lowest BCUT2D eigenvalue weighted by Gasteiger charge is -2.34. The molecule has 1 unspecified atom stereocenters. The fourth-order valence-corrected chi connectivity index (χ4v) is 2.65. The number of rotatable bonds is 2. The summed E-state index contributed by atoms with van der Waals surface area (Å²) in [5, 5.41) is 0.